The predicted molar refractivity (Wildman–Crippen MR) is 123 cm³/mol. The van der Waals surface area contributed by atoms with Gasteiger partial charge in [-0.1, -0.05) is 27.7 Å². The monoisotopic (exact) mass is 472 g/mol. The van der Waals surface area contributed by atoms with Crippen molar-refractivity contribution in [2.45, 2.75) is 81.1 Å². The third-order valence-corrected chi connectivity index (χ3v) is 8.02. The molecule has 10 heteroatoms. The van der Waals surface area contributed by atoms with Gasteiger partial charge in [0.15, 0.2) is 0 Å². The van der Waals surface area contributed by atoms with Crippen molar-refractivity contribution in [3.8, 4) is 0 Å². The first-order valence-corrected chi connectivity index (χ1v) is 14.9. The van der Waals surface area contributed by atoms with Crippen molar-refractivity contribution in [1.82, 2.24) is 0 Å². The van der Waals surface area contributed by atoms with Crippen LogP contribution < -0.4 is 0 Å². The van der Waals surface area contributed by atoms with E-state index in [1.807, 2.05) is 27.7 Å². The van der Waals surface area contributed by atoms with E-state index in [0.717, 1.165) is 25.7 Å². The van der Waals surface area contributed by atoms with E-state index < -0.39 is 18.1 Å². The molecule has 0 aromatic heterocycles. The van der Waals surface area contributed by atoms with Crippen LogP contribution in [0.1, 0.15) is 81.1 Å². The van der Waals surface area contributed by atoms with Crippen molar-refractivity contribution in [1.29, 1.82) is 0 Å². The summed E-state index contributed by atoms with van der Waals surface area (Å²) in [6.45, 7) is 20.6. The summed E-state index contributed by atoms with van der Waals surface area (Å²) in [7, 11) is -5.67. The number of hydrogen-bond donors (Lipinski definition) is 0. The molecule has 30 heavy (non-hydrogen) atoms. The molecular weight excluding hydrogens is 424 g/mol. The molecule has 0 fully saturated rings. The Labute approximate surface area is 187 Å². The summed E-state index contributed by atoms with van der Waals surface area (Å²) in [5.74, 6) is 0. The van der Waals surface area contributed by atoms with Gasteiger partial charge in [0.25, 0.3) is 0 Å². The van der Waals surface area contributed by atoms with E-state index in [9.17, 15) is 0 Å². The minimum absolute atomic E-state index is 0.548. The average Bonchev–Trinajstić information content (AvgIpc) is 2.74. The lowest BCUT2D eigenvalue weighted by atomic mass is 10.5. The van der Waals surface area contributed by atoms with E-state index in [-0.39, 0.29) is 0 Å². The highest BCUT2D eigenvalue weighted by Crippen LogP contribution is 2.14. The summed E-state index contributed by atoms with van der Waals surface area (Å²) < 4.78 is 44.7. The molecule has 0 unspecified atom stereocenters. The van der Waals surface area contributed by atoms with Crippen molar-refractivity contribution in [2.75, 3.05) is 52.9 Å². The Morgan fingerprint density at radius 3 is 0.700 bits per heavy atom. The van der Waals surface area contributed by atoms with Gasteiger partial charge in [-0.3, -0.25) is 0 Å². The van der Waals surface area contributed by atoms with Gasteiger partial charge in [0, 0.05) is 52.9 Å². The summed E-state index contributed by atoms with van der Waals surface area (Å²) in [4.78, 5) is 0. The topological polar surface area (TPSA) is 73.8 Å². The van der Waals surface area contributed by atoms with Gasteiger partial charge >= 0.3 is 18.1 Å². The molecule has 184 valence electrons. The van der Waals surface area contributed by atoms with Crippen LogP contribution >= 0.6 is 0 Å². The second kappa shape index (κ2) is 22.3. The van der Waals surface area contributed by atoms with E-state index in [1.165, 1.54) is 0 Å². The Morgan fingerprint density at radius 1 is 0.333 bits per heavy atom. The molecule has 0 bridgehead atoms. The summed E-state index contributed by atoms with van der Waals surface area (Å²) in [5.41, 5.74) is 0. The van der Waals surface area contributed by atoms with Gasteiger partial charge in [-0.05, 0) is 53.4 Å². The van der Waals surface area contributed by atoms with Gasteiger partial charge in [0.1, 0.15) is 0 Å². The van der Waals surface area contributed by atoms with Gasteiger partial charge in [0.2, 0.25) is 0 Å². The molecule has 0 rings (SSSR count). The fourth-order valence-electron chi connectivity index (χ4n) is 2.12. The predicted octanol–water partition coefficient (Wildman–Crippen LogP) is 4.70. The number of rotatable bonds is 20. The molecule has 0 atom stereocenters. The first kappa shape index (κ1) is 32.3. The normalized spacial score (nSPS) is 12.0. The maximum atomic E-state index is 5.76. The van der Waals surface area contributed by atoms with Crippen molar-refractivity contribution in [2.24, 2.45) is 0 Å². The SMILES string of the molecule is CCCO[Si](OCCC)(OCCC)OCCC.CCO[Si](OCC)(OCC)OCC. The second-order valence-corrected chi connectivity index (χ2v) is 10.4. The minimum atomic E-state index is -2.88. The van der Waals surface area contributed by atoms with Crippen LogP contribution in [0.3, 0.4) is 0 Å². The van der Waals surface area contributed by atoms with Crippen molar-refractivity contribution >= 4 is 18.1 Å². The Kier molecular flexibility index (Phi) is 24.0. The van der Waals surface area contributed by atoms with Crippen LogP contribution in [-0.4, -0.2) is 71.0 Å². The second-order valence-electron chi connectivity index (χ2n) is 6.13. The van der Waals surface area contributed by atoms with E-state index >= 15 is 0 Å². The molecule has 0 aromatic rings. The first-order chi connectivity index (χ1) is 14.5. The van der Waals surface area contributed by atoms with E-state index in [4.69, 9.17) is 35.4 Å². The maximum Gasteiger partial charge on any atom is 0.679 e. The zero-order valence-electron chi connectivity index (χ0n) is 20.8. The van der Waals surface area contributed by atoms with Crippen LogP contribution in [0.2, 0.25) is 0 Å². The third kappa shape index (κ3) is 15.8. The summed E-state index contributed by atoms with van der Waals surface area (Å²) in [5, 5.41) is 0. The molecule has 0 N–H and O–H groups in total. The molecule has 8 nitrogen and oxygen atoms in total. The standard InChI is InChI=1S/C12H28O4Si.C8H20O4Si/c1-5-9-13-17(14-10-6-2,15-11-7-3)16-12-8-4;1-5-9-13(10-6-2,11-7-3)12-8-4/h5-12H2,1-4H3;5-8H2,1-4H3. The van der Waals surface area contributed by atoms with Gasteiger partial charge in [-0.2, -0.15) is 0 Å². The van der Waals surface area contributed by atoms with Crippen molar-refractivity contribution in [3.05, 3.63) is 0 Å². The van der Waals surface area contributed by atoms with E-state index in [2.05, 4.69) is 27.7 Å². The van der Waals surface area contributed by atoms with Crippen molar-refractivity contribution < 1.29 is 35.4 Å². The minimum Gasteiger partial charge on any atom is -0.351 e. The van der Waals surface area contributed by atoms with Gasteiger partial charge in [-0.15, -0.1) is 0 Å². The lowest BCUT2D eigenvalue weighted by Gasteiger charge is -2.27. The van der Waals surface area contributed by atoms with Crippen LogP contribution in [0, 0.1) is 0 Å². The summed E-state index contributed by atoms with van der Waals surface area (Å²) >= 11 is 0. The lowest BCUT2D eigenvalue weighted by molar-refractivity contribution is -0.0347. The Hall–Kier alpha value is 0.114. The average molecular weight is 473 g/mol. The fourth-order valence-corrected chi connectivity index (χ4v) is 6.35. The highest BCUT2D eigenvalue weighted by molar-refractivity contribution is 6.53. The van der Waals surface area contributed by atoms with Crippen LogP contribution in [-0.2, 0) is 35.4 Å². The largest absolute Gasteiger partial charge is 0.679 e. The first-order valence-electron chi connectivity index (χ1n) is 11.6. The van der Waals surface area contributed by atoms with Crippen LogP contribution in [0.4, 0.5) is 0 Å². The quantitative estimate of drug-likeness (QED) is 0.236. The summed E-state index contributed by atoms with van der Waals surface area (Å²) in [6, 6.07) is 0. The smallest absolute Gasteiger partial charge is 0.351 e. The fraction of sp³-hybridized carbons (Fsp3) is 1.00. The number of hydrogen-bond acceptors (Lipinski definition) is 8. The molecule has 0 heterocycles. The molecule has 0 radical (unpaired) electrons. The van der Waals surface area contributed by atoms with Crippen LogP contribution in [0.25, 0.3) is 0 Å². The van der Waals surface area contributed by atoms with Crippen LogP contribution in [0.15, 0.2) is 0 Å². The van der Waals surface area contributed by atoms with E-state index in [0.29, 0.717) is 52.9 Å². The third-order valence-electron chi connectivity index (χ3n) is 3.22. The maximum absolute atomic E-state index is 5.76. The highest BCUT2D eigenvalue weighted by Gasteiger charge is 2.45. The molecule has 0 saturated heterocycles. The molecule has 0 amide bonds. The summed E-state index contributed by atoms with van der Waals surface area (Å²) in [6.07, 6.45) is 3.76. The molecule has 0 aliphatic heterocycles. The molecule has 0 saturated carbocycles. The zero-order chi connectivity index (χ0) is 23.1. The van der Waals surface area contributed by atoms with Crippen molar-refractivity contribution in [3.63, 3.8) is 0 Å². The molecule has 0 aliphatic carbocycles. The molecule has 0 aliphatic rings. The Morgan fingerprint density at radius 2 is 0.533 bits per heavy atom. The Balaban J connectivity index is 0. The van der Waals surface area contributed by atoms with Crippen LogP contribution in [0.5, 0.6) is 0 Å². The molecule has 0 spiro atoms. The molecular formula is C20H48O8Si2. The lowest BCUT2D eigenvalue weighted by Crippen LogP contribution is -2.50. The highest BCUT2D eigenvalue weighted by atomic mass is 28.4. The van der Waals surface area contributed by atoms with Gasteiger partial charge < -0.3 is 35.4 Å². The Bertz CT molecular complexity index is 284. The van der Waals surface area contributed by atoms with Gasteiger partial charge in [-0.25, -0.2) is 0 Å². The zero-order valence-corrected chi connectivity index (χ0v) is 22.8. The van der Waals surface area contributed by atoms with E-state index in [1.54, 1.807) is 0 Å². The molecule has 0 aromatic carbocycles. The van der Waals surface area contributed by atoms with Gasteiger partial charge in [0.05, 0.1) is 0 Å².